The number of carbonyl (C=O) groups excluding carboxylic acids is 3. The molecule has 0 radical (unpaired) electrons. The predicted molar refractivity (Wildman–Crippen MR) is 112 cm³/mol. The van der Waals surface area contributed by atoms with Gasteiger partial charge in [0.15, 0.2) is 0 Å². The van der Waals surface area contributed by atoms with E-state index in [-0.39, 0.29) is 29.0 Å². The molecule has 1 aromatic heterocycles. The van der Waals surface area contributed by atoms with Crippen LogP contribution in [0.15, 0.2) is 65.3 Å². The number of esters is 2. The molecular weight excluding hydrogens is 398 g/mol. The summed E-state index contributed by atoms with van der Waals surface area (Å²) in [6, 6.07) is 15.4. The van der Waals surface area contributed by atoms with Crippen molar-refractivity contribution >= 4 is 23.5 Å². The van der Waals surface area contributed by atoms with E-state index in [1.807, 2.05) is 30.3 Å². The van der Waals surface area contributed by atoms with Crippen molar-refractivity contribution in [3.63, 3.8) is 0 Å². The second kappa shape index (κ2) is 8.47. The molecule has 7 heteroatoms. The van der Waals surface area contributed by atoms with E-state index < -0.39 is 11.9 Å². The number of carbonyl (C=O) groups is 3. The maximum Gasteiger partial charge on any atom is 0.308 e. The molecule has 1 atom stereocenters. The third-order valence-corrected chi connectivity index (χ3v) is 5.04. The molecule has 0 saturated heterocycles. The zero-order chi connectivity index (χ0) is 22.0. The van der Waals surface area contributed by atoms with Gasteiger partial charge in [-0.3, -0.25) is 19.3 Å². The lowest BCUT2D eigenvalue weighted by molar-refractivity contribution is -0.132. The molecule has 0 fully saturated rings. The molecule has 3 aromatic rings. The summed E-state index contributed by atoms with van der Waals surface area (Å²) in [4.78, 5) is 38.4. The highest BCUT2D eigenvalue weighted by atomic mass is 16.5. The highest BCUT2D eigenvalue weighted by molar-refractivity contribution is 6.09. The molecule has 1 unspecified atom stereocenters. The Balaban J connectivity index is 1.80. The number of fused-ring (bicyclic) bond motifs is 1. The number of benzene rings is 2. The fraction of sp³-hybridized carbons (Fsp3) is 0.208. The van der Waals surface area contributed by atoms with Crippen LogP contribution in [-0.4, -0.2) is 17.8 Å². The zero-order valence-electron chi connectivity index (χ0n) is 17.2. The molecule has 0 bridgehead atoms. The van der Waals surface area contributed by atoms with E-state index in [0.29, 0.717) is 12.2 Å². The van der Waals surface area contributed by atoms with Crippen LogP contribution in [0.2, 0.25) is 0 Å². The van der Waals surface area contributed by atoms with E-state index in [4.69, 9.17) is 13.9 Å². The molecule has 31 heavy (non-hydrogen) atoms. The maximum atomic E-state index is 13.8. The number of hydrogen-bond donors (Lipinski definition) is 0. The smallest absolute Gasteiger partial charge is 0.308 e. The Bertz CT molecular complexity index is 1130. The molecule has 1 aliphatic rings. The van der Waals surface area contributed by atoms with Crippen LogP contribution in [0.5, 0.6) is 11.5 Å². The van der Waals surface area contributed by atoms with E-state index in [2.05, 4.69) is 0 Å². The van der Waals surface area contributed by atoms with E-state index >= 15 is 0 Å². The summed E-state index contributed by atoms with van der Waals surface area (Å²) >= 11 is 0. The molecule has 0 spiro atoms. The van der Waals surface area contributed by atoms with Gasteiger partial charge in [0.25, 0.3) is 5.91 Å². The highest BCUT2D eigenvalue weighted by Crippen LogP contribution is 2.41. The normalized spacial score (nSPS) is 15.2. The first-order valence-corrected chi connectivity index (χ1v) is 9.90. The fourth-order valence-corrected chi connectivity index (χ4v) is 3.83. The predicted octanol–water partition coefficient (Wildman–Crippen LogP) is 4.46. The summed E-state index contributed by atoms with van der Waals surface area (Å²) in [5.74, 6) is -0.571. The Labute approximate surface area is 179 Å². The Kier molecular flexibility index (Phi) is 5.58. The summed E-state index contributed by atoms with van der Waals surface area (Å²) in [5.41, 5.74) is 2.00. The first kappa shape index (κ1) is 20.4. The summed E-state index contributed by atoms with van der Waals surface area (Å²) in [6.07, 6.45) is 3.06. The number of nitrogens with zero attached hydrogens (tertiary/aromatic N) is 1. The minimum absolute atomic E-state index is 0.0255. The van der Waals surface area contributed by atoms with Gasteiger partial charge in [0.1, 0.15) is 17.3 Å². The number of rotatable bonds is 4. The van der Waals surface area contributed by atoms with Crippen LogP contribution < -0.4 is 14.4 Å². The van der Waals surface area contributed by atoms with Crippen molar-refractivity contribution < 1.29 is 28.3 Å². The molecule has 0 N–H and O–H groups in total. The van der Waals surface area contributed by atoms with Crippen LogP contribution in [0.4, 0.5) is 5.69 Å². The van der Waals surface area contributed by atoms with Crippen molar-refractivity contribution in [3.8, 4) is 11.5 Å². The second-order valence-electron chi connectivity index (χ2n) is 7.22. The van der Waals surface area contributed by atoms with E-state index in [1.54, 1.807) is 17.2 Å². The first-order chi connectivity index (χ1) is 14.9. The summed E-state index contributed by atoms with van der Waals surface area (Å²) in [5, 5.41) is 0. The number of ether oxygens (including phenoxy) is 2. The molecule has 158 valence electrons. The summed E-state index contributed by atoms with van der Waals surface area (Å²) < 4.78 is 16.0. The lowest BCUT2D eigenvalue weighted by Gasteiger charge is -2.36. The fourth-order valence-electron chi connectivity index (χ4n) is 3.83. The number of para-hydroxylation sites is 1. The quantitative estimate of drug-likeness (QED) is 0.458. The van der Waals surface area contributed by atoms with Crippen molar-refractivity contribution in [2.45, 2.75) is 32.7 Å². The van der Waals surface area contributed by atoms with Gasteiger partial charge < -0.3 is 13.9 Å². The summed E-state index contributed by atoms with van der Waals surface area (Å²) in [6.45, 7) is 2.51. The number of aryl methyl sites for hydroxylation is 1. The van der Waals surface area contributed by atoms with Crippen LogP contribution in [-0.2, 0) is 16.0 Å². The van der Waals surface area contributed by atoms with Crippen LogP contribution in [0.25, 0.3) is 0 Å². The van der Waals surface area contributed by atoms with Gasteiger partial charge >= 0.3 is 11.9 Å². The first-order valence-electron chi connectivity index (χ1n) is 9.90. The Morgan fingerprint density at radius 1 is 0.968 bits per heavy atom. The maximum absolute atomic E-state index is 13.8. The topological polar surface area (TPSA) is 86.1 Å². The molecule has 0 saturated carbocycles. The third-order valence-electron chi connectivity index (χ3n) is 5.04. The van der Waals surface area contributed by atoms with Gasteiger partial charge in [-0.25, -0.2) is 0 Å². The minimum Gasteiger partial charge on any atom is -0.467 e. The van der Waals surface area contributed by atoms with Crippen molar-refractivity contribution in [1.29, 1.82) is 0 Å². The van der Waals surface area contributed by atoms with E-state index in [9.17, 15) is 14.4 Å². The molecule has 2 aromatic carbocycles. The molecule has 7 nitrogen and oxygen atoms in total. The highest BCUT2D eigenvalue weighted by Gasteiger charge is 2.35. The number of hydrogen-bond acceptors (Lipinski definition) is 6. The van der Waals surface area contributed by atoms with Crippen LogP contribution in [0, 0.1) is 0 Å². The van der Waals surface area contributed by atoms with Gasteiger partial charge in [0.05, 0.1) is 17.9 Å². The standard InChI is InChI=1S/C24H21NO6/c1-15(26)30-18-10-11-19(23(14-18)31-16(2)27)24(28)25-20-7-4-3-6-17(20)9-12-21(25)22-8-5-13-29-22/h3-8,10-11,13-14,21H,9,12H2,1-2H3. The molecule has 0 aliphatic carbocycles. The van der Waals surface area contributed by atoms with Crippen LogP contribution >= 0.6 is 0 Å². The molecule has 4 rings (SSSR count). The average molecular weight is 419 g/mol. The van der Waals surface area contributed by atoms with Crippen molar-refractivity contribution in [3.05, 3.63) is 77.7 Å². The van der Waals surface area contributed by atoms with Gasteiger partial charge in [-0.15, -0.1) is 0 Å². The molecule has 2 heterocycles. The summed E-state index contributed by atoms with van der Waals surface area (Å²) in [7, 11) is 0. The number of furan rings is 1. The van der Waals surface area contributed by atoms with Crippen molar-refractivity contribution in [2.75, 3.05) is 4.90 Å². The Morgan fingerprint density at radius 2 is 1.74 bits per heavy atom. The van der Waals surface area contributed by atoms with Gasteiger partial charge in [0.2, 0.25) is 0 Å². The van der Waals surface area contributed by atoms with Gasteiger partial charge in [-0.05, 0) is 48.7 Å². The van der Waals surface area contributed by atoms with Gasteiger partial charge in [0, 0.05) is 25.6 Å². The third kappa shape index (κ3) is 4.21. The average Bonchev–Trinajstić information content (AvgIpc) is 3.26. The lowest BCUT2D eigenvalue weighted by atomic mass is 9.93. The van der Waals surface area contributed by atoms with Crippen molar-refractivity contribution in [2.24, 2.45) is 0 Å². The van der Waals surface area contributed by atoms with Gasteiger partial charge in [-0.1, -0.05) is 18.2 Å². The zero-order valence-corrected chi connectivity index (χ0v) is 17.2. The molecule has 1 amide bonds. The van der Waals surface area contributed by atoms with E-state index in [1.165, 1.54) is 32.0 Å². The monoisotopic (exact) mass is 419 g/mol. The Morgan fingerprint density at radius 3 is 2.45 bits per heavy atom. The molecule has 1 aliphatic heterocycles. The van der Waals surface area contributed by atoms with Crippen LogP contribution in [0.1, 0.15) is 48.0 Å². The van der Waals surface area contributed by atoms with Crippen LogP contribution in [0.3, 0.4) is 0 Å². The Hall–Kier alpha value is -3.87. The van der Waals surface area contributed by atoms with Crippen molar-refractivity contribution in [1.82, 2.24) is 0 Å². The SMILES string of the molecule is CC(=O)Oc1ccc(C(=O)N2c3ccccc3CCC2c2ccco2)c(OC(C)=O)c1. The van der Waals surface area contributed by atoms with Gasteiger partial charge in [-0.2, -0.15) is 0 Å². The second-order valence-corrected chi connectivity index (χ2v) is 7.22. The molecular formula is C24H21NO6. The number of amides is 1. The van der Waals surface area contributed by atoms with E-state index in [0.717, 1.165) is 17.7 Å². The minimum atomic E-state index is -0.587. The lowest BCUT2D eigenvalue weighted by Crippen LogP contribution is -2.38. The largest absolute Gasteiger partial charge is 0.467 e. The number of anilines is 1.